The van der Waals surface area contributed by atoms with Gasteiger partial charge in [0.05, 0.1) is 27.6 Å². The third kappa shape index (κ3) is 4.03. The van der Waals surface area contributed by atoms with Crippen molar-refractivity contribution in [1.29, 1.82) is 5.41 Å². The van der Waals surface area contributed by atoms with Crippen LogP contribution in [0.15, 0.2) is 116 Å². The van der Waals surface area contributed by atoms with E-state index in [0.717, 1.165) is 67.1 Å². The van der Waals surface area contributed by atoms with E-state index in [1.54, 1.807) is 16.8 Å². The molecule has 0 saturated carbocycles. The number of benzene rings is 4. The molecule has 0 aliphatic carbocycles. The van der Waals surface area contributed by atoms with E-state index in [0.29, 0.717) is 0 Å². The van der Waals surface area contributed by atoms with E-state index in [-0.39, 0.29) is 5.82 Å². The highest BCUT2D eigenvalue weighted by atomic mass is 19.4. The maximum atomic E-state index is 13.7. The van der Waals surface area contributed by atoms with Gasteiger partial charge in [0.2, 0.25) is 0 Å². The van der Waals surface area contributed by atoms with Crippen LogP contribution in [-0.2, 0) is 6.18 Å². The van der Waals surface area contributed by atoms with E-state index in [4.69, 9.17) is 5.41 Å². The lowest BCUT2D eigenvalue weighted by molar-refractivity contribution is -0.137. The van der Waals surface area contributed by atoms with Crippen LogP contribution in [0, 0.1) is 5.41 Å². The number of hydrogen-bond acceptors (Lipinski definition) is 3. The summed E-state index contributed by atoms with van der Waals surface area (Å²) in [6.45, 7) is 0. The van der Waals surface area contributed by atoms with Crippen molar-refractivity contribution in [3.63, 3.8) is 0 Å². The molecule has 0 radical (unpaired) electrons. The fourth-order valence-corrected chi connectivity index (χ4v) is 5.59. The largest absolute Gasteiger partial charge is 0.416 e. The highest BCUT2D eigenvalue weighted by Crippen LogP contribution is 2.38. The van der Waals surface area contributed by atoms with Crippen molar-refractivity contribution in [2.45, 2.75) is 6.18 Å². The van der Waals surface area contributed by atoms with Crippen molar-refractivity contribution in [3.8, 4) is 11.5 Å². The molecule has 5 nitrogen and oxygen atoms in total. The Labute approximate surface area is 232 Å². The van der Waals surface area contributed by atoms with Crippen molar-refractivity contribution in [3.05, 3.63) is 121 Å². The first kappa shape index (κ1) is 24.7. The van der Waals surface area contributed by atoms with Crippen LogP contribution in [-0.4, -0.2) is 20.3 Å². The highest BCUT2D eigenvalue weighted by Gasteiger charge is 2.31. The van der Waals surface area contributed by atoms with E-state index in [1.807, 2.05) is 60.7 Å². The van der Waals surface area contributed by atoms with Gasteiger partial charge in [-0.05, 0) is 54.6 Å². The Bertz CT molecular complexity index is 2150. The molecule has 0 aliphatic heterocycles. The molecule has 0 fully saturated rings. The van der Waals surface area contributed by atoms with Gasteiger partial charge in [-0.3, -0.25) is 4.57 Å². The minimum Gasteiger partial charge on any atom is -0.362 e. The number of alkyl halides is 3. The fourth-order valence-electron chi connectivity index (χ4n) is 5.59. The summed E-state index contributed by atoms with van der Waals surface area (Å²) in [6, 6.07) is 30.1. The first-order valence-electron chi connectivity index (χ1n) is 13.0. The van der Waals surface area contributed by atoms with Crippen LogP contribution in [0.4, 0.5) is 18.9 Å². The standard InChI is InChI=1S/C33H22F3N5/c34-33(35,36)21-14-17-39-32(18-21)41-29-9-4-2-7-25(29)27-13-11-23(20-31(27)41)40-28-8-3-1-6-24(28)26-12-10-22(19-30(26)40)38-16-5-15-37/h1-20,37-38H/b16-5-,37-15?. The zero-order chi connectivity index (χ0) is 28.1. The van der Waals surface area contributed by atoms with Gasteiger partial charge in [0.1, 0.15) is 5.82 Å². The molecule has 41 heavy (non-hydrogen) atoms. The van der Waals surface area contributed by atoms with E-state index in [1.165, 1.54) is 12.4 Å². The van der Waals surface area contributed by atoms with Crippen LogP contribution >= 0.6 is 0 Å². The van der Waals surface area contributed by atoms with E-state index in [9.17, 15) is 13.2 Å². The molecule has 3 heterocycles. The lowest BCUT2D eigenvalue weighted by Gasteiger charge is -2.12. The zero-order valence-electron chi connectivity index (χ0n) is 21.5. The van der Waals surface area contributed by atoms with Crippen LogP contribution in [0.5, 0.6) is 0 Å². The molecule has 0 aliphatic rings. The summed E-state index contributed by atoms with van der Waals surface area (Å²) in [5.74, 6) is 0.204. The number of pyridine rings is 1. The van der Waals surface area contributed by atoms with Gasteiger partial charge in [-0.2, -0.15) is 13.2 Å². The Morgan fingerprint density at radius 3 is 2.02 bits per heavy atom. The Balaban J connectivity index is 1.52. The number of halogens is 3. The number of allylic oxidation sites excluding steroid dienone is 1. The zero-order valence-corrected chi connectivity index (χ0v) is 21.5. The Kier molecular flexibility index (Phi) is 5.64. The van der Waals surface area contributed by atoms with Gasteiger partial charge < -0.3 is 15.3 Å². The summed E-state index contributed by atoms with van der Waals surface area (Å²) >= 11 is 0. The monoisotopic (exact) mass is 545 g/mol. The first-order chi connectivity index (χ1) is 19.9. The molecule has 7 rings (SSSR count). The summed E-state index contributed by atoms with van der Waals surface area (Å²) in [7, 11) is 0. The molecular weight excluding hydrogens is 523 g/mol. The molecule has 0 unspecified atom stereocenters. The molecule has 2 N–H and O–H groups in total. The van der Waals surface area contributed by atoms with Crippen LogP contribution in [0.1, 0.15) is 5.56 Å². The number of hydrogen-bond donors (Lipinski definition) is 2. The maximum absolute atomic E-state index is 13.7. The molecular formula is C33H22F3N5. The third-order valence-corrected chi connectivity index (χ3v) is 7.33. The molecule has 0 spiro atoms. The predicted octanol–water partition coefficient (Wildman–Crippen LogP) is 8.87. The van der Waals surface area contributed by atoms with Crippen molar-refractivity contribution in [2.75, 3.05) is 5.32 Å². The van der Waals surface area contributed by atoms with Crippen molar-refractivity contribution < 1.29 is 13.2 Å². The molecule has 0 bridgehead atoms. The topological polar surface area (TPSA) is 58.6 Å². The molecule has 7 aromatic rings. The van der Waals surface area contributed by atoms with Crippen molar-refractivity contribution >= 4 is 55.5 Å². The van der Waals surface area contributed by atoms with Gasteiger partial charge in [-0.1, -0.05) is 48.5 Å². The SMILES string of the molecule is N=C/C=C\Nc1ccc2c3ccccc3n(-c3ccc4c5ccccc5n(-c5cc(C(F)(F)F)ccn5)c4c3)c2c1. The van der Waals surface area contributed by atoms with Crippen molar-refractivity contribution in [1.82, 2.24) is 14.1 Å². The maximum Gasteiger partial charge on any atom is 0.416 e. The summed E-state index contributed by atoms with van der Waals surface area (Å²) in [4.78, 5) is 4.36. The van der Waals surface area contributed by atoms with Gasteiger partial charge in [0.25, 0.3) is 0 Å². The molecule has 200 valence electrons. The quantitative estimate of drug-likeness (QED) is 0.212. The normalized spacial score (nSPS) is 12.3. The highest BCUT2D eigenvalue weighted by molar-refractivity contribution is 6.12. The predicted molar refractivity (Wildman–Crippen MR) is 159 cm³/mol. The van der Waals surface area contributed by atoms with E-state index < -0.39 is 11.7 Å². The van der Waals surface area contributed by atoms with Gasteiger partial charge in [0.15, 0.2) is 0 Å². The Morgan fingerprint density at radius 1 is 0.683 bits per heavy atom. The minimum atomic E-state index is -4.48. The number of fused-ring (bicyclic) bond motifs is 6. The fraction of sp³-hybridized carbons (Fsp3) is 0.0303. The van der Waals surface area contributed by atoms with Crippen LogP contribution < -0.4 is 5.32 Å². The molecule has 3 aromatic heterocycles. The summed E-state index contributed by atoms with van der Waals surface area (Å²) < 4.78 is 44.9. The number of nitrogens with zero attached hydrogens (tertiary/aromatic N) is 3. The Morgan fingerprint density at radius 2 is 1.32 bits per heavy atom. The second-order valence-corrected chi connectivity index (χ2v) is 9.71. The van der Waals surface area contributed by atoms with Gasteiger partial charge in [0, 0.05) is 51.5 Å². The second-order valence-electron chi connectivity index (χ2n) is 9.71. The first-order valence-corrected chi connectivity index (χ1v) is 13.0. The summed E-state index contributed by atoms with van der Waals surface area (Å²) in [6.07, 6.45) is 1.24. The second kappa shape index (κ2) is 9.38. The molecule has 0 saturated heterocycles. The van der Waals surface area contributed by atoms with Crippen LogP contribution in [0.2, 0.25) is 0 Å². The minimum absolute atomic E-state index is 0.204. The van der Waals surface area contributed by atoms with Crippen LogP contribution in [0.3, 0.4) is 0 Å². The Hall–Kier alpha value is -5.37. The molecule has 4 aromatic carbocycles. The van der Waals surface area contributed by atoms with E-state index in [2.05, 4.69) is 39.1 Å². The molecule has 0 atom stereocenters. The molecule has 0 amide bonds. The summed E-state index contributed by atoms with van der Waals surface area (Å²) in [5.41, 5.74) is 4.49. The van der Waals surface area contributed by atoms with E-state index >= 15 is 0 Å². The average molecular weight is 546 g/mol. The van der Waals surface area contributed by atoms with Gasteiger partial charge in [-0.25, -0.2) is 4.98 Å². The van der Waals surface area contributed by atoms with Crippen molar-refractivity contribution in [2.24, 2.45) is 0 Å². The van der Waals surface area contributed by atoms with Gasteiger partial charge >= 0.3 is 6.18 Å². The number of anilines is 1. The molecule has 8 heteroatoms. The average Bonchev–Trinajstić information content (AvgIpc) is 3.49. The smallest absolute Gasteiger partial charge is 0.362 e. The number of para-hydroxylation sites is 2. The number of aromatic nitrogens is 3. The van der Waals surface area contributed by atoms with Gasteiger partial charge in [-0.15, -0.1) is 0 Å². The third-order valence-electron chi connectivity index (χ3n) is 7.33. The summed E-state index contributed by atoms with van der Waals surface area (Å²) in [5, 5.41) is 14.4. The van der Waals surface area contributed by atoms with Crippen LogP contribution in [0.25, 0.3) is 55.1 Å². The lowest BCUT2D eigenvalue weighted by Crippen LogP contribution is -2.07. The number of rotatable bonds is 5. The number of nitrogens with one attached hydrogen (secondary N) is 2. The lowest BCUT2D eigenvalue weighted by atomic mass is 10.1.